The predicted octanol–water partition coefficient (Wildman–Crippen LogP) is 4.68. The van der Waals surface area contributed by atoms with Gasteiger partial charge in [0.25, 0.3) is 5.91 Å². The van der Waals surface area contributed by atoms with Crippen LogP contribution in [0.25, 0.3) is 11.3 Å². The molecule has 2 heterocycles. The van der Waals surface area contributed by atoms with Gasteiger partial charge in [0, 0.05) is 18.0 Å². The Morgan fingerprint density at radius 3 is 2.49 bits per heavy atom. The van der Waals surface area contributed by atoms with Crippen LogP contribution in [0.2, 0.25) is 0 Å². The fourth-order valence-corrected chi connectivity index (χ4v) is 4.87. The number of hydrogen-bond donors (Lipinski definition) is 4. The Kier molecular flexibility index (Phi) is 8.41. The fraction of sp³-hybridized carbons (Fsp3) is 0.200. The second kappa shape index (κ2) is 11.8. The van der Waals surface area contributed by atoms with E-state index in [9.17, 15) is 30.8 Å². The molecule has 0 aliphatic carbocycles. The lowest BCUT2D eigenvalue weighted by Gasteiger charge is -2.21. The second-order valence-electron chi connectivity index (χ2n) is 8.66. The number of aromatic nitrogens is 4. The first-order valence-corrected chi connectivity index (χ1v) is 13.6. The van der Waals surface area contributed by atoms with E-state index < -0.39 is 39.8 Å². The van der Waals surface area contributed by atoms with Gasteiger partial charge < -0.3 is 15.8 Å². The maximum Gasteiger partial charge on any atom is 0.404 e. The van der Waals surface area contributed by atoms with Gasteiger partial charge in [0.1, 0.15) is 40.6 Å². The van der Waals surface area contributed by atoms with E-state index >= 15 is 0 Å². The van der Waals surface area contributed by atoms with Crippen molar-refractivity contribution < 1.29 is 35.5 Å². The van der Waals surface area contributed by atoms with Gasteiger partial charge in [0.05, 0.1) is 11.9 Å². The van der Waals surface area contributed by atoms with Gasteiger partial charge in [-0.05, 0) is 36.2 Å². The number of hydrogen-bond acceptors (Lipinski definition) is 8. The molecule has 0 radical (unpaired) electrons. The molecule has 0 aliphatic heterocycles. The van der Waals surface area contributed by atoms with Crippen molar-refractivity contribution in [3.63, 3.8) is 0 Å². The van der Waals surface area contributed by atoms with Crippen LogP contribution >= 0.6 is 0 Å². The summed E-state index contributed by atoms with van der Waals surface area (Å²) >= 11 is 0. The Bertz CT molecular complexity index is 1630. The minimum atomic E-state index is -5.00. The molecule has 2 aromatic carbocycles. The lowest BCUT2D eigenvalue weighted by atomic mass is 10.0. The predicted molar refractivity (Wildman–Crippen MR) is 141 cm³/mol. The summed E-state index contributed by atoms with van der Waals surface area (Å²) < 4.78 is 84.6. The Balaban J connectivity index is 1.77. The average Bonchev–Trinajstić information content (AvgIpc) is 3.31. The van der Waals surface area contributed by atoms with E-state index in [2.05, 4.69) is 25.5 Å². The van der Waals surface area contributed by atoms with Crippen molar-refractivity contribution in [1.82, 2.24) is 20.2 Å². The number of carbonyl (C=O) groups excluding carboxylic acids is 1. The number of nitrogens with zero attached hydrogens (tertiary/aromatic N) is 3. The van der Waals surface area contributed by atoms with Gasteiger partial charge >= 0.3 is 6.18 Å². The smallest absolute Gasteiger partial charge is 0.404 e. The summed E-state index contributed by atoms with van der Waals surface area (Å²) in [7, 11) is -4.88. The summed E-state index contributed by atoms with van der Waals surface area (Å²) in [4.78, 5) is 20.4. The van der Waals surface area contributed by atoms with Crippen LogP contribution in [0, 0.1) is 5.82 Å². The molecular formula is C25H23F4N7O4S. The number of halogens is 4. The third-order valence-corrected chi connectivity index (χ3v) is 6.82. The second-order valence-corrected chi connectivity index (χ2v) is 10.4. The Morgan fingerprint density at radius 2 is 1.88 bits per heavy atom. The number of nitrogens with two attached hydrogens (primary N) is 1. The van der Waals surface area contributed by atoms with E-state index in [1.54, 1.807) is 6.92 Å². The standard InChI is InChI=1S/C25H23F4N7O4S/c1-2-18(14-3-6-16(26)7-4-14)40-19-11-15(5-8-17(19)36-41(38,39)13-25(27,28)29)22-21(23(30)37)24(35-34-22)33-20-12-31-9-10-32-20/h3-12,18,36H,2,13H2,1H3,(H2,30,37)(H2,32,33,34,35)/t18-/m0/s1. The molecule has 1 atom stereocenters. The molecule has 16 heteroatoms. The van der Waals surface area contributed by atoms with Crippen LogP contribution in [0.1, 0.15) is 35.4 Å². The van der Waals surface area contributed by atoms with Crippen LogP contribution in [-0.4, -0.2) is 46.4 Å². The van der Waals surface area contributed by atoms with Crippen LogP contribution in [0.4, 0.5) is 34.9 Å². The highest BCUT2D eigenvalue weighted by Gasteiger charge is 2.35. The number of primary amides is 1. The third kappa shape index (κ3) is 7.47. The summed E-state index contributed by atoms with van der Waals surface area (Å²) in [5.74, 6) is -3.31. The first-order valence-electron chi connectivity index (χ1n) is 11.9. The summed E-state index contributed by atoms with van der Waals surface area (Å²) in [6.45, 7) is 1.74. The molecule has 216 valence electrons. The summed E-state index contributed by atoms with van der Waals surface area (Å²) in [5.41, 5.74) is 6.01. The molecule has 41 heavy (non-hydrogen) atoms. The number of amides is 1. The van der Waals surface area contributed by atoms with Gasteiger partial charge in [-0.2, -0.15) is 18.3 Å². The molecule has 0 spiro atoms. The molecule has 11 nitrogen and oxygen atoms in total. The first-order chi connectivity index (χ1) is 19.3. The molecule has 5 N–H and O–H groups in total. The largest absolute Gasteiger partial charge is 0.484 e. The molecule has 1 amide bonds. The number of alkyl halides is 3. The Hall–Kier alpha value is -4.73. The highest BCUT2D eigenvalue weighted by Crippen LogP contribution is 2.37. The van der Waals surface area contributed by atoms with Crippen LogP contribution in [0.15, 0.2) is 61.1 Å². The van der Waals surface area contributed by atoms with E-state index in [4.69, 9.17) is 10.5 Å². The maximum absolute atomic E-state index is 13.5. The monoisotopic (exact) mass is 593 g/mol. The number of nitrogens with one attached hydrogen (secondary N) is 3. The molecule has 0 aliphatic rings. The SMILES string of the molecule is CC[C@H](Oc1cc(-c2n[nH]c(Nc3cnccn3)c2C(N)=O)ccc1NS(=O)(=O)CC(F)(F)F)c1ccc(F)cc1. The Labute approximate surface area is 231 Å². The molecule has 2 aromatic heterocycles. The molecule has 0 fully saturated rings. The zero-order chi connectivity index (χ0) is 29.8. The summed E-state index contributed by atoms with van der Waals surface area (Å²) in [5, 5.41) is 9.62. The van der Waals surface area contributed by atoms with Crippen LogP contribution in [0.5, 0.6) is 5.75 Å². The van der Waals surface area contributed by atoms with Crippen molar-refractivity contribution >= 4 is 33.3 Å². The van der Waals surface area contributed by atoms with Gasteiger partial charge in [-0.1, -0.05) is 25.1 Å². The molecule has 0 unspecified atom stereocenters. The van der Waals surface area contributed by atoms with Crippen LogP contribution in [0.3, 0.4) is 0 Å². The van der Waals surface area contributed by atoms with Crippen molar-refractivity contribution in [2.75, 3.05) is 15.8 Å². The van der Waals surface area contributed by atoms with Gasteiger partial charge in [-0.25, -0.2) is 17.8 Å². The zero-order valence-electron chi connectivity index (χ0n) is 21.2. The van der Waals surface area contributed by atoms with E-state index in [-0.39, 0.29) is 39.9 Å². The minimum Gasteiger partial charge on any atom is -0.484 e. The maximum atomic E-state index is 13.5. The lowest BCUT2D eigenvalue weighted by Crippen LogP contribution is -2.28. The van der Waals surface area contributed by atoms with Crippen molar-refractivity contribution in [1.29, 1.82) is 0 Å². The number of rotatable bonds is 11. The third-order valence-electron chi connectivity index (χ3n) is 5.58. The van der Waals surface area contributed by atoms with Gasteiger partial charge in [-0.3, -0.25) is 19.6 Å². The average molecular weight is 594 g/mol. The quantitative estimate of drug-likeness (QED) is 0.182. The van der Waals surface area contributed by atoms with Gasteiger partial charge in [0.2, 0.25) is 10.0 Å². The Morgan fingerprint density at radius 1 is 1.15 bits per heavy atom. The number of aromatic amines is 1. The minimum absolute atomic E-state index is 0.0354. The number of benzene rings is 2. The topological polar surface area (TPSA) is 165 Å². The highest BCUT2D eigenvalue weighted by atomic mass is 32.2. The van der Waals surface area contributed by atoms with E-state index in [0.29, 0.717) is 12.0 Å². The number of anilines is 3. The van der Waals surface area contributed by atoms with Crippen molar-refractivity contribution in [3.05, 3.63) is 78.0 Å². The highest BCUT2D eigenvalue weighted by molar-refractivity contribution is 7.92. The zero-order valence-corrected chi connectivity index (χ0v) is 22.1. The van der Waals surface area contributed by atoms with Crippen molar-refractivity contribution in [2.24, 2.45) is 5.73 Å². The number of ether oxygens (including phenoxy) is 1. The summed E-state index contributed by atoms with van der Waals surface area (Å²) in [6.07, 6.45) is -1.17. The fourth-order valence-electron chi connectivity index (χ4n) is 3.86. The number of carbonyl (C=O) groups is 1. The van der Waals surface area contributed by atoms with Gasteiger partial charge in [0.15, 0.2) is 5.75 Å². The van der Waals surface area contributed by atoms with E-state index in [0.717, 1.165) is 0 Å². The van der Waals surface area contributed by atoms with Gasteiger partial charge in [-0.15, -0.1) is 0 Å². The van der Waals surface area contributed by atoms with Crippen molar-refractivity contribution in [2.45, 2.75) is 25.6 Å². The van der Waals surface area contributed by atoms with Crippen molar-refractivity contribution in [3.8, 4) is 17.0 Å². The molecule has 0 saturated carbocycles. The number of H-pyrrole nitrogens is 1. The normalized spacial score (nSPS) is 12.5. The lowest BCUT2D eigenvalue weighted by molar-refractivity contribution is -0.106. The summed E-state index contributed by atoms with van der Waals surface area (Å²) in [6, 6.07) is 9.14. The first kappa shape index (κ1) is 29.3. The molecule has 0 bridgehead atoms. The molecule has 0 saturated heterocycles. The number of sulfonamides is 1. The molecule has 4 rings (SSSR count). The molecule has 4 aromatic rings. The molecular weight excluding hydrogens is 570 g/mol. The van der Waals surface area contributed by atoms with E-state index in [1.165, 1.54) is 61.1 Å². The van der Waals surface area contributed by atoms with Crippen LogP contribution in [-0.2, 0) is 10.0 Å². The van der Waals surface area contributed by atoms with E-state index in [1.807, 2.05) is 4.72 Å². The van der Waals surface area contributed by atoms with Crippen LogP contribution < -0.4 is 20.5 Å².